The van der Waals surface area contributed by atoms with E-state index in [9.17, 15) is 0 Å². The fraction of sp³-hybridized carbons (Fsp3) is 0.714. The van der Waals surface area contributed by atoms with E-state index in [1.54, 1.807) is 14.2 Å². The highest BCUT2D eigenvalue weighted by atomic mass is 31.1. The molecule has 2 rings (SSSR count). The predicted octanol–water partition coefficient (Wildman–Crippen LogP) is 14.0. The van der Waals surface area contributed by atoms with Crippen LogP contribution in [0.15, 0.2) is 24.3 Å². The van der Waals surface area contributed by atoms with Crippen LogP contribution in [-0.2, 0) is 10.8 Å². The minimum atomic E-state index is -0.798. The first-order valence-corrected chi connectivity index (χ1v) is 20.9. The Morgan fingerprint density at radius 1 is 0.479 bits per heavy atom. The summed E-state index contributed by atoms with van der Waals surface area (Å²) in [5, 5.41) is 0. The molecule has 48 heavy (non-hydrogen) atoms. The van der Waals surface area contributed by atoms with Gasteiger partial charge in [0.15, 0.2) is 23.0 Å². The van der Waals surface area contributed by atoms with Crippen molar-refractivity contribution in [2.75, 3.05) is 14.2 Å². The molecule has 0 heterocycles. The van der Waals surface area contributed by atoms with Crippen molar-refractivity contribution in [3.8, 4) is 34.1 Å². The van der Waals surface area contributed by atoms with Crippen molar-refractivity contribution >= 4 is 16.3 Å². The summed E-state index contributed by atoms with van der Waals surface area (Å²) in [6, 6.07) is 9.18. The maximum absolute atomic E-state index is 7.20. The molecule has 6 heteroatoms. The average molecular weight is 703 g/mol. The molecule has 0 aliphatic heterocycles. The lowest BCUT2D eigenvalue weighted by atomic mass is 9.71. The molecule has 0 saturated carbocycles. The van der Waals surface area contributed by atoms with Gasteiger partial charge in [-0.2, -0.15) is 0 Å². The monoisotopic (exact) mass is 702 g/mol. The lowest BCUT2D eigenvalue weighted by molar-refractivity contribution is 0.282. The fourth-order valence-electron chi connectivity index (χ4n) is 7.56. The third kappa shape index (κ3) is 11.3. The zero-order valence-electron chi connectivity index (χ0n) is 34.6. The zero-order valence-corrected chi connectivity index (χ0v) is 36.3. The summed E-state index contributed by atoms with van der Waals surface area (Å²) >= 11 is 0. The molecule has 2 aromatic carbocycles. The van der Waals surface area contributed by atoms with Crippen LogP contribution in [0.1, 0.15) is 149 Å². The van der Waals surface area contributed by atoms with Crippen LogP contribution < -0.4 is 18.5 Å². The van der Waals surface area contributed by atoms with E-state index in [4.69, 9.17) is 18.5 Å². The Kier molecular flexibility index (Phi) is 14.4. The number of benzene rings is 2. The smallest absolute Gasteiger partial charge is 0.173 e. The third-order valence-corrected chi connectivity index (χ3v) is 13.6. The van der Waals surface area contributed by atoms with Gasteiger partial charge in [0.25, 0.3) is 0 Å². The van der Waals surface area contributed by atoms with Gasteiger partial charge in [0, 0.05) is 33.8 Å². The summed E-state index contributed by atoms with van der Waals surface area (Å²) in [7, 11) is 1.95. The van der Waals surface area contributed by atoms with E-state index >= 15 is 0 Å². The summed E-state index contributed by atoms with van der Waals surface area (Å²) in [6.07, 6.45) is 2.04. The summed E-state index contributed by atoms with van der Waals surface area (Å²) in [5.74, 6) is 3.16. The van der Waals surface area contributed by atoms with Gasteiger partial charge in [-0.15, -0.1) is 0 Å². The molecular weight excluding hydrogens is 630 g/mol. The van der Waals surface area contributed by atoms with E-state index < -0.39 is 16.3 Å². The average Bonchev–Trinajstić information content (AvgIpc) is 2.90. The molecule has 0 aromatic heterocycles. The number of hydrogen-bond acceptors (Lipinski definition) is 4. The minimum Gasteiger partial charge on any atom is -0.493 e. The maximum Gasteiger partial charge on any atom is 0.173 e. The quantitative estimate of drug-likeness (QED) is 0.173. The lowest BCUT2D eigenvalue weighted by Gasteiger charge is -2.36. The summed E-state index contributed by atoms with van der Waals surface area (Å²) in [4.78, 5) is 0. The first-order chi connectivity index (χ1) is 21.7. The van der Waals surface area contributed by atoms with Crippen LogP contribution in [0.4, 0.5) is 0 Å². The van der Waals surface area contributed by atoms with Crippen LogP contribution in [0.25, 0.3) is 11.1 Å². The Morgan fingerprint density at radius 3 is 0.958 bits per heavy atom. The Labute approximate surface area is 299 Å². The van der Waals surface area contributed by atoms with Gasteiger partial charge >= 0.3 is 0 Å². The summed E-state index contributed by atoms with van der Waals surface area (Å²) in [6.45, 7) is 41.5. The van der Waals surface area contributed by atoms with E-state index in [0.29, 0.717) is 22.6 Å². The second-order valence-electron chi connectivity index (χ2n) is 18.6. The zero-order chi connectivity index (χ0) is 37.2. The van der Waals surface area contributed by atoms with Gasteiger partial charge in [-0.3, -0.25) is 0 Å². The SMILES string of the molecule is COc1cc(C(C)(C)CC(C)(C)C)cc(-c2cc(C(C)(C)CC(C)(C)C)cc(OC)c2OP(C(C)C)C(C)C)c1OP(C(C)C)C(C)C. The molecule has 0 radical (unpaired) electrons. The van der Waals surface area contributed by atoms with E-state index in [-0.39, 0.29) is 21.7 Å². The molecule has 0 amide bonds. The molecule has 0 aliphatic rings. The molecule has 4 nitrogen and oxygen atoms in total. The van der Waals surface area contributed by atoms with Gasteiger partial charge in [-0.1, -0.05) is 125 Å². The van der Waals surface area contributed by atoms with Crippen molar-refractivity contribution in [3.05, 3.63) is 35.4 Å². The molecule has 0 unspecified atom stereocenters. The number of ether oxygens (including phenoxy) is 2. The van der Waals surface area contributed by atoms with E-state index in [0.717, 1.165) is 47.0 Å². The van der Waals surface area contributed by atoms with Crippen molar-refractivity contribution in [2.24, 2.45) is 10.8 Å². The van der Waals surface area contributed by atoms with Gasteiger partial charge in [-0.05, 0) is 69.9 Å². The molecule has 0 atom stereocenters. The Hall–Kier alpha value is -1.50. The maximum atomic E-state index is 7.20. The second-order valence-corrected chi connectivity index (χ2v) is 24.6. The molecule has 2 aromatic rings. The Bertz CT molecular complexity index is 1220. The van der Waals surface area contributed by atoms with Gasteiger partial charge in [-0.25, -0.2) is 0 Å². The highest BCUT2D eigenvalue weighted by Crippen LogP contribution is 2.58. The highest BCUT2D eigenvalue weighted by Gasteiger charge is 2.35. The van der Waals surface area contributed by atoms with Crippen LogP contribution >= 0.6 is 16.3 Å². The lowest BCUT2D eigenvalue weighted by Crippen LogP contribution is -2.25. The first-order valence-electron chi connectivity index (χ1n) is 18.1. The van der Waals surface area contributed by atoms with E-state index in [2.05, 4.69) is 149 Å². The molecule has 0 aliphatic carbocycles. The highest BCUT2D eigenvalue weighted by molar-refractivity contribution is 7.54. The van der Waals surface area contributed by atoms with Gasteiger partial charge in [0.05, 0.1) is 30.5 Å². The largest absolute Gasteiger partial charge is 0.493 e. The van der Waals surface area contributed by atoms with Crippen molar-refractivity contribution in [3.63, 3.8) is 0 Å². The van der Waals surface area contributed by atoms with Crippen LogP contribution in [-0.4, -0.2) is 36.9 Å². The molecule has 0 N–H and O–H groups in total. The van der Waals surface area contributed by atoms with E-state index in [1.807, 2.05) is 0 Å². The van der Waals surface area contributed by atoms with Crippen molar-refractivity contribution < 1.29 is 18.5 Å². The van der Waals surface area contributed by atoms with Gasteiger partial charge in [0.2, 0.25) is 0 Å². The Morgan fingerprint density at radius 2 is 0.750 bits per heavy atom. The molecule has 274 valence electrons. The van der Waals surface area contributed by atoms with Gasteiger partial charge < -0.3 is 18.5 Å². The normalized spacial score (nSPS) is 13.5. The van der Waals surface area contributed by atoms with Crippen LogP contribution in [0.2, 0.25) is 0 Å². The molecular formula is C42H72O4P2. The summed E-state index contributed by atoms with van der Waals surface area (Å²) < 4.78 is 26.9. The topological polar surface area (TPSA) is 36.9 Å². The molecule has 0 bridgehead atoms. The van der Waals surface area contributed by atoms with Crippen LogP contribution in [0.3, 0.4) is 0 Å². The first kappa shape index (κ1) is 42.7. The molecule has 0 spiro atoms. The fourth-order valence-corrected chi connectivity index (χ4v) is 11.6. The number of methoxy groups -OCH3 is 2. The van der Waals surface area contributed by atoms with Crippen molar-refractivity contribution in [1.82, 2.24) is 0 Å². The standard InChI is InChI=1S/C42H72O4P2/c1-27(2)47(28(3)4)45-37-33(21-31(23-35(37)43-19)41(15,16)25-39(9,10)11)34-22-32(42(17,18)26-40(12,13)14)24-36(44-20)38(34)46-48(29(5)6)30(7)8/h21-24,27-30H,25-26H2,1-20H3. The minimum absolute atomic E-state index is 0.115. The second kappa shape index (κ2) is 16.2. The van der Waals surface area contributed by atoms with Crippen molar-refractivity contribution in [1.29, 1.82) is 0 Å². The molecule has 0 saturated heterocycles. The van der Waals surface area contributed by atoms with Gasteiger partial charge in [0.1, 0.15) is 0 Å². The summed E-state index contributed by atoms with van der Waals surface area (Å²) in [5.41, 5.74) is 6.09. The number of hydrogen-bond donors (Lipinski definition) is 0. The van der Waals surface area contributed by atoms with E-state index in [1.165, 1.54) is 11.1 Å². The number of rotatable bonds is 15. The van der Waals surface area contributed by atoms with Crippen LogP contribution in [0.5, 0.6) is 23.0 Å². The Balaban J connectivity index is 3.24. The van der Waals surface area contributed by atoms with Crippen molar-refractivity contribution in [2.45, 2.75) is 171 Å². The molecule has 0 fully saturated rings. The van der Waals surface area contributed by atoms with Crippen LogP contribution in [0, 0.1) is 10.8 Å². The predicted molar refractivity (Wildman–Crippen MR) is 215 cm³/mol. The third-order valence-electron chi connectivity index (χ3n) is 8.78.